The number of aromatic nitrogens is 2. The molecule has 1 aromatic rings. The second-order valence-corrected chi connectivity index (χ2v) is 2.36. The van der Waals surface area contributed by atoms with E-state index in [9.17, 15) is 4.79 Å². The summed E-state index contributed by atoms with van der Waals surface area (Å²) in [7, 11) is 0. The number of rotatable bonds is 3. The van der Waals surface area contributed by atoms with Crippen LogP contribution in [0.5, 0.6) is 0 Å². The molecule has 1 heterocycles. The number of nitrogen functional groups attached to an aromatic ring is 1. The first-order valence-electron chi connectivity index (χ1n) is 3.69. The smallest absolute Gasteiger partial charge is 0.271 e. The Hall–Kier alpha value is -2.03. The van der Waals surface area contributed by atoms with E-state index in [0.29, 0.717) is 12.2 Å². The molecule has 6 nitrogen and oxygen atoms in total. The van der Waals surface area contributed by atoms with E-state index in [-0.39, 0.29) is 18.0 Å². The molecule has 4 N–H and O–H groups in total. The molecule has 0 saturated heterocycles. The fourth-order valence-electron chi connectivity index (χ4n) is 0.798. The van der Waals surface area contributed by atoms with Crippen molar-refractivity contribution in [2.75, 3.05) is 12.3 Å². The molecule has 13 heavy (non-hydrogen) atoms. The Morgan fingerprint density at radius 2 is 2.62 bits per heavy atom. The van der Waals surface area contributed by atoms with Crippen LogP contribution in [0, 0.1) is 11.3 Å². The van der Waals surface area contributed by atoms with E-state index in [2.05, 4.69) is 15.5 Å². The first-order valence-corrected chi connectivity index (χ1v) is 3.69. The van der Waals surface area contributed by atoms with Crippen molar-refractivity contribution in [3.05, 3.63) is 11.9 Å². The standard InChI is InChI=1S/C7H9N5O/c8-2-1-3-10-7(13)6-5(9)4-11-12-6/h4H,1,3,9H2,(H,10,13)(H,11,12). The summed E-state index contributed by atoms with van der Waals surface area (Å²) in [6.07, 6.45) is 1.64. The van der Waals surface area contributed by atoms with Gasteiger partial charge in [0.25, 0.3) is 5.91 Å². The second-order valence-electron chi connectivity index (χ2n) is 2.36. The van der Waals surface area contributed by atoms with Crippen LogP contribution in [-0.4, -0.2) is 22.6 Å². The maximum Gasteiger partial charge on any atom is 0.271 e. The Balaban J connectivity index is 2.50. The molecule has 1 rings (SSSR count). The minimum absolute atomic E-state index is 0.234. The third-order valence-corrected chi connectivity index (χ3v) is 1.42. The van der Waals surface area contributed by atoms with E-state index in [0.717, 1.165) is 0 Å². The van der Waals surface area contributed by atoms with E-state index >= 15 is 0 Å². The minimum Gasteiger partial charge on any atom is -0.396 e. The highest BCUT2D eigenvalue weighted by molar-refractivity contribution is 5.96. The molecule has 0 fully saturated rings. The topological polar surface area (TPSA) is 108 Å². The molecule has 0 aliphatic rings. The predicted molar refractivity (Wildman–Crippen MR) is 45.6 cm³/mol. The van der Waals surface area contributed by atoms with Crippen LogP contribution in [0.1, 0.15) is 16.9 Å². The number of carbonyl (C=O) groups is 1. The number of amides is 1. The van der Waals surface area contributed by atoms with Crippen LogP contribution in [0.15, 0.2) is 6.20 Å². The van der Waals surface area contributed by atoms with E-state index in [1.54, 1.807) is 0 Å². The summed E-state index contributed by atoms with van der Waals surface area (Å²) in [6.45, 7) is 0.313. The number of hydrogen-bond donors (Lipinski definition) is 3. The van der Waals surface area contributed by atoms with Crippen molar-refractivity contribution in [1.29, 1.82) is 5.26 Å². The van der Waals surface area contributed by atoms with E-state index in [4.69, 9.17) is 11.0 Å². The lowest BCUT2D eigenvalue weighted by atomic mass is 10.3. The summed E-state index contributed by atoms with van der Waals surface area (Å²) in [5.41, 5.74) is 5.96. The Kier molecular flexibility index (Phi) is 2.87. The van der Waals surface area contributed by atoms with Crippen LogP contribution in [0.2, 0.25) is 0 Å². The minimum atomic E-state index is -0.342. The van der Waals surface area contributed by atoms with Gasteiger partial charge in [-0.2, -0.15) is 10.4 Å². The van der Waals surface area contributed by atoms with Crippen molar-refractivity contribution in [3.8, 4) is 6.07 Å². The maximum atomic E-state index is 11.2. The molecule has 1 aromatic heterocycles. The average molecular weight is 179 g/mol. The molecule has 0 radical (unpaired) electrons. The molecule has 0 aliphatic heterocycles. The van der Waals surface area contributed by atoms with Gasteiger partial charge in [0.05, 0.1) is 24.4 Å². The highest BCUT2D eigenvalue weighted by atomic mass is 16.1. The summed E-state index contributed by atoms with van der Waals surface area (Å²) < 4.78 is 0. The SMILES string of the molecule is N#CCCNC(=O)c1[nH]ncc1N. The lowest BCUT2D eigenvalue weighted by Crippen LogP contribution is -2.25. The van der Waals surface area contributed by atoms with Gasteiger partial charge in [0, 0.05) is 6.54 Å². The van der Waals surface area contributed by atoms with Gasteiger partial charge in [0.15, 0.2) is 0 Å². The van der Waals surface area contributed by atoms with Crippen LogP contribution in [0.4, 0.5) is 5.69 Å². The van der Waals surface area contributed by atoms with E-state index in [1.165, 1.54) is 6.20 Å². The lowest BCUT2D eigenvalue weighted by Gasteiger charge is -1.99. The van der Waals surface area contributed by atoms with Gasteiger partial charge in [-0.3, -0.25) is 9.89 Å². The van der Waals surface area contributed by atoms with Crippen LogP contribution < -0.4 is 11.1 Å². The second kappa shape index (κ2) is 4.11. The van der Waals surface area contributed by atoms with Crippen molar-refractivity contribution in [1.82, 2.24) is 15.5 Å². The van der Waals surface area contributed by atoms with Crippen molar-refractivity contribution in [3.63, 3.8) is 0 Å². The van der Waals surface area contributed by atoms with Crippen molar-refractivity contribution in [2.24, 2.45) is 0 Å². The van der Waals surface area contributed by atoms with Crippen molar-refractivity contribution >= 4 is 11.6 Å². The first kappa shape index (κ1) is 9.06. The molecule has 68 valence electrons. The van der Waals surface area contributed by atoms with Gasteiger partial charge >= 0.3 is 0 Å². The fraction of sp³-hybridized carbons (Fsp3) is 0.286. The van der Waals surface area contributed by atoms with Gasteiger partial charge in [0.2, 0.25) is 0 Å². The molecular formula is C7H9N5O. The van der Waals surface area contributed by atoms with Gasteiger partial charge in [-0.15, -0.1) is 0 Å². The zero-order chi connectivity index (χ0) is 9.68. The van der Waals surface area contributed by atoms with Gasteiger partial charge in [0.1, 0.15) is 5.69 Å². The molecule has 0 aliphatic carbocycles. The number of aromatic amines is 1. The predicted octanol–water partition coefficient (Wildman–Crippen LogP) is -0.365. The molecule has 0 bridgehead atoms. The Morgan fingerprint density at radius 1 is 1.85 bits per heavy atom. The van der Waals surface area contributed by atoms with Crippen molar-refractivity contribution < 1.29 is 4.79 Å². The zero-order valence-electron chi connectivity index (χ0n) is 6.87. The summed E-state index contributed by atoms with van der Waals surface area (Å²) >= 11 is 0. The Morgan fingerprint density at radius 3 is 3.15 bits per heavy atom. The Bertz CT molecular complexity index is 337. The normalized spacial score (nSPS) is 9.15. The highest BCUT2D eigenvalue weighted by Gasteiger charge is 2.09. The van der Waals surface area contributed by atoms with Gasteiger partial charge < -0.3 is 11.1 Å². The summed E-state index contributed by atoms with van der Waals surface area (Å²) in [5.74, 6) is -0.342. The number of nitrogens with zero attached hydrogens (tertiary/aromatic N) is 2. The quantitative estimate of drug-likeness (QED) is 0.550. The molecule has 1 amide bonds. The summed E-state index contributed by atoms with van der Waals surface area (Å²) in [4.78, 5) is 11.2. The Labute approximate surface area is 74.7 Å². The van der Waals surface area contributed by atoms with Crippen LogP contribution in [-0.2, 0) is 0 Å². The number of hydrogen-bond acceptors (Lipinski definition) is 4. The summed E-state index contributed by atoms with van der Waals surface area (Å²) in [6, 6.07) is 1.91. The molecular weight excluding hydrogens is 170 g/mol. The third-order valence-electron chi connectivity index (χ3n) is 1.42. The number of nitrogens with one attached hydrogen (secondary N) is 2. The maximum absolute atomic E-state index is 11.2. The third kappa shape index (κ3) is 2.20. The molecule has 0 atom stereocenters. The number of nitrogens with two attached hydrogens (primary N) is 1. The van der Waals surface area contributed by atoms with Crippen LogP contribution >= 0.6 is 0 Å². The van der Waals surface area contributed by atoms with Crippen molar-refractivity contribution in [2.45, 2.75) is 6.42 Å². The van der Waals surface area contributed by atoms with Crippen LogP contribution in [0.25, 0.3) is 0 Å². The molecule has 0 spiro atoms. The molecule has 0 unspecified atom stereocenters. The molecule has 0 aromatic carbocycles. The zero-order valence-corrected chi connectivity index (χ0v) is 6.87. The fourth-order valence-corrected chi connectivity index (χ4v) is 0.798. The van der Waals surface area contributed by atoms with Gasteiger partial charge in [-0.05, 0) is 0 Å². The van der Waals surface area contributed by atoms with Crippen LogP contribution in [0.3, 0.4) is 0 Å². The monoisotopic (exact) mass is 179 g/mol. The molecule has 0 saturated carbocycles. The van der Waals surface area contributed by atoms with Gasteiger partial charge in [-0.25, -0.2) is 0 Å². The van der Waals surface area contributed by atoms with Gasteiger partial charge in [-0.1, -0.05) is 0 Å². The molecule has 6 heteroatoms. The first-order chi connectivity index (χ1) is 6.25. The number of nitriles is 1. The largest absolute Gasteiger partial charge is 0.396 e. The number of H-pyrrole nitrogens is 1. The van der Waals surface area contributed by atoms with E-state index in [1.807, 2.05) is 6.07 Å². The number of carbonyl (C=O) groups excluding carboxylic acids is 1. The highest BCUT2D eigenvalue weighted by Crippen LogP contribution is 2.04. The number of anilines is 1. The summed E-state index contributed by atoms with van der Waals surface area (Å²) in [5, 5.41) is 16.8. The average Bonchev–Trinajstić information content (AvgIpc) is 2.52. The van der Waals surface area contributed by atoms with E-state index < -0.39 is 0 Å². The lowest BCUT2D eigenvalue weighted by molar-refractivity contribution is 0.0950.